The van der Waals surface area contributed by atoms with E-state index in [0.717, 1.165) is 39.3 Å². The number of morpholine rings is 1. The van der Waals surface area contributed by atoms with Gasteiger partial charge >= 0.3 is 0 Å². The Balaban J connectivity index is 2.35. The number of nitrogens with zero attached hydrogens (tertiary/aromatic N) is 1. The van der Waals surface area contributed by atoms with E-state index in [1.54, 1.807) is 7.11 Å². The molecule has 0 aromatic rings. The molecule has 0 aromatic carbocycles. The normalized spacial score (nSPS) is 22.6. The Morgan fingerprint density at radius 2 is 2.13 bits per heavy atom. The summed E-state index contributed by atoms with van der Waals surface area (Å²) in [4.78, 5) is 0. The highest BCUT2D eigenvalue weighted by Crippen LogP contribution is 2.09. The first-order valence-electron chi connectivity index (χ1n) is 5.50. The number of ether oxygens (including phenoxy) is 2. The van der Waals surface area contributed by atoms with Crippen molar-refractivity contribution in [3.8, 4) is 0 Å². The fourth-order valence-electron chi connectivity index (χ4n) is 1.59. The van der Waals surface area contributed by atoms with Gasteiger partial charge in [-0.1, -0.05) is 0 Å². The highest BCUT2D eigenvalue weighted by atomic mass is 16.5. The highest BCUT2D eigenvalue weighted by Gasteiger charge is 2.25. The quantitative estimate of drug-likeness (QED) is 0.632. The van der Waals surface area contributed by atoms with E-state index in [-0.39, 0.29) is 5.54 Å². The van der Waals surface area contributed by atoms with Crippen LogP contribution in [0.5, 0.6) is 0 Å². The van der Waals surface area contributed by atoms with E-state index < -0.39 is 0 Å². The topological polar surface area (TPSA) is 59.8 Å². The van der Waals surface area contributed by atoms with Gasteiger partial charge in [-0.2, -0.15) is 0 Å². The van der Waals surface area contributed by atoms with Crippen LogP contribution >= 0.6 is 0 Å². The van der Waals surface area contributed by atoms with E-state index >= 15 is 0 Å². The Kier molecular flexibility index (Phi) is 5.49. The van der Waals surface area contributed by atoms with E-state index in [4.69, 9.17) is 15.2 Å². The van der Waals surface area contributed by atoms with Gasteiger partial charge in [-0.25, -0.2) is 10.4 Å². The summed E-state index contributed by atoms with van der Waals surface area (Å²) in [5.74, 6) is 0. The zero-order chi connectivity index (χ0) is 11.1. The summed E-state index contributed by atoms with van der Waals surface area (Å²) in [5.41, 5.74) is 9.18. The number of hydrogen-bond acceptors (Lipinski definition) is 5. The monoisotopic (exact) mass is 217 g/mol. The largest absolute Gasteiger partial charge is 0.385 e. The fourth-order valence-corrected chi connectivity index (χ4v) is 1.59. The molecule has 1 rings (SSSR count). The lowest BCUT2D eigenvalue weighted by molar-refractivity contribution is -0.0135. The summed E-state index contributed by atoms with van der Waals surface area (Å²) in [6, 6.07) is 0. The molecule has 5 nitrogen and oxygen atoms in total. The van der Waals surface area contributed by atoms with Crippen molar-refractivity contribution in [1.29, 1.82) is 0 Å². The zero-order valence-corrected chi connectivity index (χ0v) is 9.79. The molecule has 0 amide bonds. The van der Waals surface area contributed by atoms with Gasteiger partial charge < -0.3 is 15.2 Å². The number of methoxy groups -OCH3 is 1. The maximum absolute atomic E-state index is 5.79. The summed E-state index contributed by atoms with van der Waals surface area (Å²) in [6.45, 7) is 6.88. The van der Waals surface area contributed by atoms with Crippen LogP contribution in [0.1, 0.15) is 13.3 Å². The van der Waals surface area contributed by atoms with Crippen molar-refractivity contribution in [2.24, 2.45) is 5.73 Å². The van der Waals surface area contributed by atoms with Gasteiger partial charge in [-0.15, -0.1) is 0 Å². The number of nitrogens with two attached hydrogens (primary N) is 1. The van der Waals surface area contributed by atoms with Crippen LogP contribution in [-0.4, -0.2) is 57.1 Å². The van der Waals surface area contributed by atoms with Crippen LogP contribution in [0, 0.1) is 0 Å². The molecule has 0 aliphatic carbocycles. The molecule has 0 spiro atoms. The molecule has 1 aliphatic heterocycles. The standard InChI is InChI=1S/C10H23N3O2/c1-10(9-11,3-6-14-2)12-13-4-7-15-8-5-13/h12H,3-9,11H2,1-2H3. The molecular formula is C10H23N3O2. The van der Waals surface area contributed by atoms with Crippen LogP contribution in [0.4, 0.5) is 0 Å². The van der Waals surface area contributed by atoms with Crippen molar-refractivity contribution in [2.75, 3.05) is 46.6 Å². The van der Waals surface area contributed by atoms with Gasteiger partial charge in [0.2, 0.25) is 0 Å². The second kappa shape index (κ2) is 6.40. The van der Waals surface area contributed by atoms with Crippen LogP contribution in [0.25, 0.3) is 0 Å². The van der Waals surface area contributed by atoms with Crippen molar-refractivity contribution in [3.63, 3.8) is 0 Å². The third-order valence-corrected chi connectivity index (χ3v) is 2.75. The first-order valence-corrected chi connectivity index (χ1v) is 5.50. The van der Waals surface area contributed by atoms with Crippen LogP contribution in [0.3, 0.4) is 0 Å². The van der Waals surface area contributed by atoms with E-state index in [0.29, 0.717) is 6.54 Å². The zero-order valence-electron chi connectivity index (χ0n) is 9.79. The number of rotatable bonds is 6. The molecule has 0 aromatic heterocycles. The minimum Gasteiger partial charge on any atom is -0.385 e. The third-order valence-electron chi connectivity index (χ3n) is 2.75. The van der Waals surface area contributed by atoms with Crippen LogP contribution in [0.2, 0.25) is 0 Å². The van der Waals surface area contributed by atoms with E-state index in [9.17, 15) is 0 Å². The smallest absolute Gasteiger partial charge is 0.0608 e. The molecule has 3 N–H and O–H groups in total. The predicted octanol–water partition coefficient (Wildman–Crippen LogP) is -0.423. The molecule has 1 saturated heterocycles. The molecule has 1 atom stereocenters. The molecule has 15 heavy (non-hydrogen) atoms. The highest BCUT2D eigenvalue weighted by molar-refractivity contribution is 4.83. The summed E-state index contributed by atoms with van der Waals surface area (Å²) in [5, 5.41) is 2.19. The van der Waals surface area contributed by atoms with E-state index in [2.05, 4.69) is 17.4 Å². The van der Waals surface area contributed by atoms with Crippen LogP contribution in [0.15, 0.2) is 0 Å². The molecule has 1 heterocycles. The predicted molar refractivity (Wildman–Crippen MR) is 59.5 cm³/mol. The number of hydrogen-bond donors (Lipinski definition) is 2. The SMILES string of the molecule is COCCC(C)(CN)NN1CCOCC1. The van der Waals surface area contributed by atoms with Crippen LogP contribution in [-0.2, 0) is 9.47 Å². The maximum atomic E-state index is 5.79. The number of hydrazine groups is 1. The minimum absolute atomic E-state index is 0.0760. The van der Waals surface area contributed by atoms with Crippen molar-refractivity contribution in [3.05, 3.63) is 0 Å². The van der Waals surface area contributed by atoms with Crippen molar-refractivity contribution >= 4 is 0 Å². The minimum atomic E-state index is -0.0760. The van der Waals surface area contributed by atoms with Gasteiger partial charge in [0.15, 0.2) is 0 Å². The summed E-state index contributed by atoms with van der Waals surface area (Å²) in [6.07, 6.45) is 0.914. The fraction of sp³-hybridized carbons (Fsp3) is 1.00. The second-order valence-electron chi connectivity index (χ2n) is 4.22. The summed E-state index contributed by atoms with van der Waals surface area (Å²) in [7, 11) is 1.71. The lowest BCUT2D eigenvalue weighted by Gasteiger charge is -2.37. The molecule has 1 aliphatic rings. The van der Waals surface area contributed by atoms with Gasteiger partial charge in [0.25, 0.3) is 0 Å². The average Bonchev–Trinajstić information content (AvgIpc) is 2.28. The van der Waals surface area contributed by atoms with Gasteiger partial charge in [0.1, 0.15) is 0 Å². The Morgan fingerprint density at radius 1 is 1.47 bits per heavy atom. The summed E-state index contributed by atoms with van der Waals surface area (Å²) >= 11 is 0. The maximum Gasteiger partial charge on any atom is 0.0608 e. The molecule has 1 fully saturated rings. The van der Waals surface area contributed by atoms with E-state index in [1.807, 2.05) is 0 Å². The van der Waals surface area contributed by atoms with Gasteiger partial charge in [-0.05, 0) is 13.3 Å². The van der Waals surface area contributed by atoms with Crippen molar-refractivity contribution < 1.29 is 9.47 Å². The van der Waals surface area contributed by atoms with Crippen LogP contribution < -0.4 is 11.2 Å². The molecule has 0 radical (unpaired) electrons. The summed E-state index contributed by atoms with van der Waals surface area (Å²) < 4.78 is 10.4. The molecule has 5 heteroatoms. The number of nitrogens with one attached hydrogen (secondary N) is 1. The van der Waals surface area contributed by atoms with Crippen molar-refractivity contribution in [1.82, 2.24) is 10.4 Å². The molecule has 0 bridgehead atoms. The molecule has 90 valence electrons. The van der Waals surface area contributed by atoms with E-state index in [1.165, 1.54) is 0 Å². The average molecular weight is 217 g/mol. The van der Waals surface area contributed by atoms with Crippen molar-refractivity contribution in [2.45, 2.75) is 18.9 Å². The third kappa shape index (κ3) is 4.44. The lowest BCUT2D eigenvalue weighted by atomic mass is 10.00. The van der Waals surface area contributed by atoms with Gasteiger partial charge in [0, 0.05) is 38.9 Å². The Bertz CT molecular complexity index is 174. The Morgan fingerprint density at radius 3 is 2.67 bits per heavy atom. The Hall–Kier alpha value is -0.200. The van der Waals surface area contributed by atoms with Gasteiger partial charge in [0.05, 0.1) is 13.2 Å². The lowest BCUT2D eigenvalue weighted by Crippen LogP contribution is -2.59. The Labute approximate surface area is 91.9 Å². The molecule has 0 saturated carbocycles. The first kappa shape index (κ1) is 12.9. The second-order valence-corrected chi connectivity index (χ2v) is 4.22. The van der Waals surface area contributed by atoms with Gasteiger partial charge in [-0.3, -0.25) is 0 Å². The first-order chi connectivity index (χ1) is 7.20. The molecule has 1 unspecified atom stereocenters. The molecular weight excluding hydrogens is 194 g/mol.